The summed E-state index contributed by atoms with van der Waals surface area (Å²) in [6.07, 6.45) is 4.43. The molecule has 0 unspecified atom stereocenters. The highest BCUT2D eigenvalue weighted by Gasteiger charge is 2.38. The Kier molecular flexibility index (Phi) is 4.65. The van der Waals surface area contributed by atoms with E-state index in [9.17, 15) is 0 Å². The van der Waals surface area contributed by atoms with Crippen LogP contribution in [0.3, 0.4) is 0 Å². The second-order valence-corrected chi connectivity index (χ2v) is 14.1. The lowest BCUT2D eigenvalue weighted by Gasteiger charge is -2.36. The first-order valence-electron chi connectivity index (χ1n) is 8.37. The smallest absolute Gasteiger partial charge is 0.192 e. The molecule has 2 N–H and O–H groups in total. The van der Waals surface area contributed by atoms with E-state index in [4.69, 9.17) is 10.2 Å². The largest absolute Gasteiger partial charge is 0.416 e. The Labute approximate surface area is 148 Å². The van der Waals surface area contributed by atoms with Gasteiger partial charge in [-0.15, -0.1) is 0 Å². The van der Waals surface area contributed by atoms with Crippen molar-refractivity contribution in [2.24, 2.45) is 0 Å². The number of nitrogens with two attached hydrogens (primary N) is 1. The second-order valence-electron chi connectivity index (χ2n) is 8.00. The fourth-order valence-corrected chi connectivity index (χ4v) is 5.14. The van der Waals surface area contributed by atoms with Gasteiger partial charge in [-0.25, -0.2) is 15.0 Å². The summed E-state index contributed by atoms with van der Waals surface area (Å²) in [7, 11) is -1.68. The summed E-state index contributed by atoms with van der Waals surface area (Å²) in [4.78, 5) is 12.8. The van der Waals surface area contributed by atoms with E-state index in [-0.39, 0.29) is 5.04 Å². The third kappa shape index (κ3) is 3.32. The van der Waals surface area contributed by atoms with Crippen molar-refractivity contribution in [2.45, 2.75) is 56.6 Å². The van der Waals surface area contributed by atoms with E-state index in [2.05, 4.69) is 53.4 Å². The van der Waals surface area contributed by atoms with Crippen molar-refractivity contribution in [2.75, 3.05) is 18.1 Å². The predicted octanol–water partition coefficient (Wildman–Crippen LogP) is 3.48. The summed E-state index contributed by atoms with van der Waals surface area (Å²) < 4.78 is 8.54. The molecule has 0 saturated carbocycles. The molecular formula is C16H27N5OSSi. The molecule has 0 radical (unpaired) electrons. The maximum absolute atomic E-state index is 6.40. The van der Waals surface area contributed by atoms with Crippen molar-refractivity contribution in [3.05, 3.63) is 12.7 Å². The summed E-state index contributed by atoms with van der Waals surface area (Å²) in [5.41, 5.74) is 7.41. The van der Waals surface area contributed by atoms with Gasteiger partial charge in [0.2, 0.25) is 0 Å². The Balaban J connectivity index is 1.66. The zero-order chi connectivity index (χ0) is 17.5. The molecule has 3 heterocycles. The fraction of sp³-hybridized carbons (Fsp3) is 0.688. The zero-order valence-electron chi connectivity index (χ0n) is 15.1. The van der Waals surface area contributed by atoms with E-state index in [1.54, 1.807) is 0 Å². The van der Waals surface area contributed by atoms with Crippen LogP contribution in [0.25, 0.3) is 11.2 Å². The number of hydrogen-bond acceptors (Lipinski definition) is 6. The SMILES string of the molecule is CC(C)(C)[Si](C)(C)OC[C@H]1C[C@@H](n2cnc3c(N)ncnc32)CS1. The zero-order valence-corrected chi connectivity index (χ0v) is 16.9. The highest BCUT2D eigenvalue weighted by atomic mass is 32.2. The van der Waals surface area contributed by atoms with Gasteiger partial charge in [-0.1, -0.05) is 20.8 Å². The maximum Gasteiger partial charge on any atom is 0.192 e. The van der Waals surface area contributed by atoms with Gasteiger partial charge in [0.15, 0.2) is 19.8 Å². The van der Waals surface area contributed by atoms with Gasteiger partial charge in [0, 0.05) is 23.7 Å². The van der Waals surface area contributed by atoms with Crippen molar-refractivity contribution in [1.82, 2.24) is 19.5 Å². The van der Waals surface area contributed by atoms with Crippen LogP contribution >= 0.6 is 11.8 Å². The Morgan fingerprint density at radius 3 is 2.79 bits per heavy atom. The number of nitrogens with zero attached hydrogens (tertiary/aromatic N) is 4. The van der Waals surface area contributed by atoms with E-state index in [0.29, 0.717) is 22.6 Å². The lowest BCUT2D eigenvalue weighted by Crippen LogP contribution is -2.42. The Morgan fingerprint density at radius 1 is 1.33 bits per heavy atom. The minimum atomic E-state index is -1.68. The van der Waals surface area contributed by atoms with Crippen molar-refractivity contribution in [3.8, 4) is 0 Å². The van der Waals surface area contributed by atoms with Crippen LogP contribution in [0, 0.1) is 0 Å². The average molecular weight is 366 g/mol. The van der Waals surface area contributed by atoms with Crippen LogP contribution in [-0.4, -0.2) is 45.4 Å². The third-order valence-corrected chi connectivity index (χ3v) is 11.2. The molecule has 0 spiro atoms. The van der Waals surface area contributed by atoms with Crippen LogP contribution in [0.15, 0.2) is 12.7 Å². The number of anilines is 1. The molecular weight excluding hydrogens is 338 g/mol. The molecule has 2 aromatic rings. The van der Waals surface area contributed by atoms with Crippen molar-refractivity contribution < 1.29 is 4.43 Å². The molecule has 8 heteroatoms. The van der Waals surface area contributed by atoms with Gasteiger partial charge in [-0.05, 0) is 24.6 Å². The molecule has 6 nitrogen and oxygen atoms in total. The van der Waals surface area contributed by atoms with Crippen LogP contribution in [0.2, 0.25) is 18.1 Å². The summed E-state index contributed by atoms with van der Waals surface area (Å²) in [6, 6.07) is 0.391. The number of rotatable bonds is 4. The van der Waals surface area contributed by atoms with E-state index >= 15 is 0 Å². The first-order chi connectivity index (χ1) is 11.2. The normalized spacial score (nSPS) is 22.4. The molecule has 0 bridgehead atoms. The number of hydrogen-bond donors (Lipinski definition) is 1. The predicted molar refractivity (Wildman–Crippen MR) is 103 cm³/mol. The second kappa shape index (κ2) is 6.31. The minimum Gasteiger partial charge on any atom is -0.416 e. The lowest BCUT2D eigenvalue weighted by atomic mass is 10.2. The Hall–Kier alpha value is -1.12. The van der Waals surface area contributed by atoms with E-state index in [1.807, 2.05) is 18.1 Å². The number of imidazole rings is 1. The topological polar surface area (TPSA) is 78.9 Å². The summed E-state index contributed by atoms with van der Waals surface area (Å²) in [5, 5.41) is 0.783. The first kappa shape index (κ1) is 17.7. The monoisotopic (exact) mass is 365 g/mol. The quantitative estimate of drug-likeness (QED) is 0.836. The van der Waals surface area contributed by atoms with Gasteiger partial charge in [-0.2, -0.15) is 11.8 Å². The van der Waals surface area contributed by atoms with E-state index in [1.165, 1.54) is 6.33 Å². The molecule has 2 atom stereocenters. The Bertz CT molecular complexity index is 727. The molecule has 24 heavy (non-hydrogen) atoms. The molecule has 1 fully saturated rings. The summed E-state index contributed by atoms with van der Waals surface area (Å²) in [6.45, 7) is 12.3. The highest BCUT2D eigenvalue weighted by Crippen LogP contribution is 2.40. The molecule has 1 aliphatic rings. The molecule has 2 aromatic heterocycles. The Morgan fingerprint density at radius 2 is 2.08 bits per heavy atom. The number of aromatic nitrogens is 4. The lowest BCUT2D eigenvalue weighted by molar-refractivity contribution is 0.281. The van der Waals surface area contributed by atoms with Crippen molar-refractivity contribution >= 4 is 37.1 Å². The van der Waals surface area contributed by atoms with E-state index in [0.717, 1.165) is 24.4 Å². The van der Waals surface area contributed by atoms with Gasteiger partial charge in [0.1, 0.15) is 11.8 Å². The molecule has 3 rings (SSSR count). The third-order valence-electron chi connectivity index (χ3n) is 5.28. The van der Waals surface area contributed by atoms with Crippen LogP contribution in [0.1, 0.15) is 33.2 Å². The number of nitrogen functional groups attached to an aromatic ring is 1. The number of fused-ring (bicyclic) bond motifs is 1. The van der Waals surface area contributed by atoms with Crippen LogP contribution in [0.5, 0.6) is 0 Å². The maximum atomic E-state index is 6.40. The summed E-state index contributed by atoms with van der Waals surface area (Å²) >= 11 is 1.99. The minimum absolute atomic E-state index is 0.255. The molecule has 0 aliphatic carbocycles. The van der Waals surface area contributed by atoms with Crippen LogP contribution in [0.4, 0.5) is 5.82 Å². The molecule has 132 valence electrons. The van der Waals surface area contributed by atoms with Gasteiger partial charge < -0.3 is 14.7 Å². The van der Waals surface area contributed by atoms with Crippen LogP contribution in [-0.2, 0) is 4.43 Å². The number of thioether (sulfide) groups is 1. The van der Waals surface area contributed by atoms with E-state index < -0.39 is 8.32 Å². The highest BCUT2D eigenvalue weighted by molar-refractivity contribution is 8.00. The van der Waals surface area contributed by atoms with Gasteiger partial charge >= 0.3 is 0 Å². The molecule has 1 aliphatic heterocycles. The van der Waals surface area contributed by atoms with Gasteiger partial charge in [0.05, 0.1) is 6.33 Å². The van der Waals surface area contributed by atoms with Crippen molar-refractivity contribution in [1.29, 1.82) is 0 Å². The summed E-state index contributed by atoms with van der Waals surface area (Å²) in [5.74, 6) is 1.50. The molecule has 0 aromatic carbocycles. The van der Waals surface area contributed by atoms with Gasteiger partial charge in [-0.3, -0.25) is 0 Å². The average Bonchev–Trinajstić information content (AvgIpc) is 3.10. The van der Waals surface area contributed by atoms with Crippen molar-refractivity contribution in [3.63, 3.8) is 0 Å². The molecule has 1 saturated heterocycles. The standard InChI is InChI=1S/C16H27N5OSSi/c1-16(2,3)24(4,5)22-7-12-6-11(8-23-12)21-10-20-13-14(17)18-9-19-15(13)21/h9-12H,6-8H2,1-5H3,(H2,17,18,19)/t11-,12-/m1/s1. The molecule has 0 amide bonds. The first-order valence-corrected chi connectivity index (χ1v) is 12.3. The fourth-order valence-electron chi connectivity index (χ4n) is 2.65. The van der Waals surface area contributed by atoms with Gasteiger partial charge in [0.25, 0.3) is 0 Å². The van der Waals surface area contributed by atoms with Crippen LogP contribution < -0.4 is 5.73 Å².